The molecule has 8 heteroatoms. The molecule has 1 aromatic heterocycles. The van der Waals surface area contributed by atoms with Crippen LogP contribution in [0, 0.1) is 0 Å². The fourth-order valence-corrected chi connectivity index (χ4v) is 4.29. The molecule has 2 amide bonds. The van der Waals surface area contributed by atoms with E-state index in [1.807, 2.05) is 61.7 Å². The van der Waals surface area contributed by atoms with E-state index in [-0.39, 0.29) is 17.4 Å². The molecule has 0 spiro atoms. The summed E-state index contributed by atoms with van der Waals surface area (Å²) in [6, 6.07) is 10.1. The van der Waals surface area contributed by atoms with Crippen LogP contribution in [0.25, 0.3) is 11.3 Å². The van der Waals surface area contributed by atoms with Gasteiger partial charge in [0.25, 0.3) is 0 Å². The number of hydrogen-bond donors (Lipinski definition) is 1. The van der Waals surface area contributed by atoms with Crippen molar-refractivity contribution in [2.75, 3.05) is 38.5 Å². The van der Waals surface area contributed by atoms with Gasteiger partial charge < -0.3 is 14.8 Å². The summed E-state index contributed by atoms with van der Waals surface area (Å²) in [5.41, 5.74) is 1.92. The third kappa shape index (κ3) is 6.09. The summed E-state index contributed by atoms with van der Waals surface area (Å²) in [6.07, 6.45) is 1.85. The Kier molecular flexibility index (Phi) is 7.20. The van der Waals surface area contributed by atoms with Gasteiger partial charge in [0.1, 0.15) is 0 Å². The summed E-state index contributed by atoms with van der Waals surface area (Å²) >= 11 is 1.47. The van der Waals surface area contributed by atoms with Gasteiger partial charge in [-0.2, -0.15) is 0 Å². The molecule has 0 bridgehead atoms. The van der Waals surface area contributed by atoms with Crippen LogP contribution in [0.15, 0.2) is 41.7 Å². The van der Waals surface area contributed by atoms with E-state index in [2.05, 4.69) is 27.3 Å². The highest BCUT2D eigenvalue weighted by Crippen LogP contribution is 2.24. The molecule has 0 unspecified atom stereocenters. The number of amides is 2. The number of hydrogen-bond acceptors (Lipinski definition) is 5. The SMILES string of the molecule is Cn1c(-c2ccccc2)cnc1SCC(=O)N1CCN(CC(=O)NC(C)(C)C)CC1. The van der Waals surface area contributed by atoms with E-state index in [1.54, 1.807) is 0 Å². The number of thioether (sulfide) groups is 1. The van der Waals surface area contributed by atoms with Crippen molar-refractivity contribution in [3.05, 3.63) is 36.5 Å². The zero-order valence-corrected chi connectivity index (χ0v) is 19.0. The predicted octanol–water partition coefficient (Wildman–Crippen LogP) is 2.24. The lowest BCUT2D eigenvalue weighted by Crippen LogP contribution is -2.53. The number of carbonyl (C=O) groups excluding carboxylic acids is 2. The zero-order chi connectivity index (χ0) is 21.7. The predicted molar refractivity (Wildman–Crippen MR) is 120 cm³/mol. The van der Waals surface area contributed by atoms with E-state index in [0.29, 0.717) is 38.5 Å². The minimum Gasteiger partial charge on any atom is -0.350 e. The summed E-state index contributed by atoms with van der Waals surface area (Å²) in [5.74, 6) is 0.508. The number of nitrogens with one attached hydrogen (secondary N) is 1. The first-order valence-corrected chi connectivity index (χ1v) is 11.2. The average Bonchev–Trinajstić information content (AvgIpc) is 3.06. The maximum atomic E-state index is 12.6. The van der Waals surface area contributed by atoms with Crippen molar-refractivity contribution < 1.29 is 9.59 Å². The molecule has 1 aliphatic heterocycles. The van der Waals surface area contributed by atoms with Crippen molar-refractivity contribution in [2.45, 2.75) is 31.5 Å². The number of rotatable bonds is 6. The Balaban J connectivity index is 1.46. The number of carbonyl (C=O) groups is 2. The standard InChI is InChI=1S/C22H31N5O2S/c1-22(2,3)24-19(28)15-26-10-12-27(13-11-26)20(29)16-30-21-23-14-18(25(21)4)17-8-6-5-7-9-17/h5-9,14H,10-13,15-16H2,1-4H3,(H,24,28). The highest BCUT2D eigenvalue weighted by molar-refractivity contribution is 7.99. The Labute approximate surface area is 182 Å². The Morgan fingerprint density at radius 1 is 1.10 bits per heavy atom. The average molecular weight is 430 g/mol. The number of nitrogens with zero attached hydrogens (tertiary/aromatic N) is 4. The molecule has 0 saturated carbocycles. The van der Waals surface area contributed by atoms with Crippen molar-refractivity contribution in [1.29, 1.82) is 0 Å². The van der Waals surface area contributed by atoms with Crippen LogP contribution in [0.5, 0.6) is 0 Å². The summed E-state index contributed by atoms with van der Waals surface area (Å²) < 4.78 is 2.03. The molecule has 1 N–H and O–H groups in total. The number of piperazine rings is 1. The minimum atomic E-state index is -0.225. The lowest BCUT2D eigenvalue weighted by molar-refractivity contribution is -0.130. The van der Waals surface area contributed by atoms with Crippen molar-refractivity contribution >= 4 is 23.6 Å². The third-order valence-corrected chi connectivity index (χ3v) is 5.98. The normalized spacial score (nSPS) is 15.3. The van der Waals surface area contributed by atoms with Crippen LogP contribution < -0.4 is 5.32 Å². The van der Waals surface area contributed by atoms with Gasteiger partial charge >= 0.3 is 0 Å². The van der Waals surface area contributed by atoms with Gasteiger partial charge in [-0.3, -0.25) is 14.5 Å². The van der Waals surface area contributed by atoms with Crippen LogP contribution in [-0.2, 0) is 16.6 Å². The molecule has 1 saturated heterocycles. The summed E-state index contributed by atoms with van der Waals surface area (Å²) in [6.45, 7) is 9.04. The van der Waals surface area contributed by atoms with Crippen molar-refractivity contribution in [3.8, 4) is 11.3 Å². The van der Waals surface area contributed by atoms with E-state index in [1.165, 1.54) is 11.8 Å². The largest absolute Gasteiger partial charge is 0.350 e. The summed E-state index contributed by atoms with van der Waals surface area (Å²) in [4.78, 5) is 33.2. The summed E-state index contributed by atoms with van der Waals surface area (Å²) in [7, 11) is 1.98. The molecule has 0 aliphatic carbocycles. The van der Waals surface area contributed by atoms with Gasteiger partial charge in [-0.15, -0.1) is 0 Å². The lowest BCUT2D eigenvalue weighted by atomic mass is 10.1. The van der Waals surface area contributed by atoms with E-state index >= 15 is 0 Å². The molecular formula is C22H31N5O2S. The number of benzene rings is 1. The maximum Gasteiger partial charge on any atom is 0.234 e. The minimum absolute atomic E-state index is 0.0295. The molecule has 1 fully saturated rings. The molecule has 1 aromatic carbocycles. The molecular weight excluding hydrogens is 398 g/mol. The molecule has 2 aromatic rings. The van der Waals surface area contributed by atoms with Crippen molar-refractivity contribution in [2.24, 2.45) is 7.05 Å². The third-order valence-electron chi connectivity index (χ3n) is 4.95. The first-order chi connectivity index (χ1) is 14.2. The van der Waals surface area contributed by atoms with Gasteiger partial charge in [-0.1, -0.05) is 42.1 Å². The van der Waals surface area contributed by atoms with Crippen LogP contribution in [0.1, 0.15) is 20.8 Å². The zero-order valence-electron chi connectivity index (χ0n) is 18.2. The molecule has 1 aliphatic rings. The van der Waals surface area contributed by atoms with E-state index < -0.39 is 0 Å². The van der Waals surface area contributed by atoms with Crippen LogP contribution in [0.4, 0.5) is 0 Å². The molecule has 2 heterocycles. The molecule has 0 radical (unpaired) electrons. The first-order valence-electron chi connectivity index (χ1n) is 10.2. The fraction of sp³-hybridized carbons (Fsp3) is 0.500. The summed E-state index contributed by atoms with van der Waals surface area (Å²) in [5, 5.41) is 3.82. The Bertz CT molecular complexity index is 867. The van der Waals surface area contributed by atoms with Gasteiger partial charge in [0.15, 0.2) is 5.16 Å². The number of imidazole rings is 1. The molecule has 162 valence electrons. The van der Waals surface area contributed by atoms with Gasteiger partial charge in [0.2, 0.25) is 11.8 Å². The lowest BCUT2D eigenvalue weighted by Gasteiger charge is -2.34. The van der Waals surface area contributed by atoms with Crippen molar-refractivity contribution in [3.63, 3.8) is 0 Å². The van der Waals surface area contributed by atoms with Gasteiger partial charge in [-0.05, 0) is 26.3 Å². The Morgan fingerprint density at radius 3 is 2.40 bits per heavy atom. The second-order valence-electron chi connectivity index (χ2n) is 8.59. The van der Waals surface area contributed by atoms with Crippen molar-refractivity contribution in [1.82, 2.24) is 24.7 Å². The second kappa shape index (κ2) is 9.66. The smallest absolute Gasteiger partial charge is 0.234 e. The quantitative estimate of drug-likeness (QED) is 0.713. The number of aromatic nitrogens is 2. The molecule has 3 rings (SSSR count). The van der Waals surface area contributed by atoms with E-state index in [0.717, 1.165) is 16.4 Å². The highest BCUT2D eigenvalue weighted by atomic mass is 32.2. The van der Waals surface area contributed by atoms with Crippen LogP contribution in [0.3, 0.4) is 0 Å². The Morgan fingerprint density at radius 2 is 1.77 bits per heavy atom. The fourth-order valence-electron chi connectivity index (χ4n) is 3.44. The maximum absolute atomic E-state index is 12.6. The molecule has 30 heavy (non-hydrogen) atoms. The topological polar surface area (TPSA) is 70.5 Å². The van der Waals surface area contributed by atoms with E-state index in [9.17, 15) is 9.59 Å². The molecule has 7 nitrogen and oxygen atoms in total. The Hall–Kier alpha value is -2.32. The van der Waals surface area contributed by atoms with Gasteiger partial charge in [-0.25, -0.2) is 4.98 Å². The second-order valence-corrected chi connectivity index (χ2v) is 9.54. The highest BCUT2D eigenvalue weighted by Gasteiger charge is 2.24. The monoisotopic (exact) mass is 429 g/mol. The van der Waals surface area contributed by atoms with Gasteiger partial charge in [0, 0.05) is 38.8 Å². The van der Waals surface area contributed by atoms with E-state index in [4.69, 9.17) is 0 Å². The first kappa shape index (κ1) is 22.4. The van der Waals surface area contributed by atoms with Crippen LogP contribution >= 0.6 is 11.8 Å². The van der Waals surface area contributed by atoms with Crippen LogP contribution in [0.2, 0.25) is 0 Å². The van der Waals surface area contributed by atoms with Gasteiger partial charge in [0.05, 0.1) is 24.2 Å². The molecule has 0 atom stereocenters. The van der Waals surface area contributed by atoms with Crippen LogP contribution in [-0.4, -0.2) is 75.2 Å².